The van der Waals surface area contributed by atoms with Crippen molar-refractivity contribution in [3.05, 3.63) is 95.5 Å². The number of nitrogens with two attached hydrogens (primary N) is 1. The fraction of sp³-hybridized carbons (Fsp3) is 0.280. The largest absolute Gasteiger partial charge is 0.405 e. The van der Waals surface area contributed by atoms with Crippen molar-refractivity contribution in [2.45, 2.75) is 46.6 Å². The van der Waals surface area contributed by atoms with Crippen molar-refractivity contribution < 1.29 is 0 Å². The lowest BCUT2D eigenvalue weighted by Gasteiger charge is -2.21. The summed E-state index contributed by atoms with van der Waals surface area (Å²) in [5.74, 6) is 0.847. The van der Waals surface area contributed by atoms with E-state index in [2.05, 4.69) is 99.7 Å². The molecule has 28 heavy (non-hydrogen) atoms. The zero-order valence-corrected chi connectivity index (χ0v) is 17.6. The molecule has 1 aliphatic rings. The first-order valence-electron chi connectivity index (χ1n) is 9.83. The van der Waals surface area contributed by atoms with E-state index in [0.29, 0.717) is 0 Å². The minimum absolute atomic E-state index is 0.252. The highest BCUT2D eigenvalue weighted by atomic mass is 15.1. The summed E-state index contributed by atoms with van der Waals surface area (Å²) >= 11 is 0. The molecule has 3 nitrogen and oxygen atoms in total. The maximum absolute atomic E-state index is 4.61. The van der Waals surface area contributed by atoms with Gasteiger partial charge in [0.15, 0.2) is 0 Å². The van der Waals surface area contributed by atoms with Crippen LogP contribution in [0.4, 0.5) is 5.69 Å². The van der Waals surface area contributed by atoms with E-state index in [0.717, 1.165) is 24.4 Å². The van der Waals surface area contributed by atoms with Gasteiger partial charge in [-0.3, -0.25) is 0 Å². The summed E-state index contributed by atoms with van der Waals surface area (Å²) in [7, 11) is 0. The highest BCUT2D eigenvalue weighted by molar-refractivity contribution is 5.75. The van der Waals surface area contributed by atoms with Crippen LogP contribution in [0.25, 0.3) is 5.57 Å². The van der Waals surface area contributed by atoms with E-state index >= 15 is 0 Å². The Hall–Kier alpha value is -2.94. The van der Waals surface area contributed by atoms with Crippen LogP contribution in [0.2, 0.25) is 0 Å². The Kier molecular flexibility index (Phi) is 7.51. The number of nitrogens with one attached hydrogen (secondary N) is 2. The number of fused-ring (bicyclic) bond motifs is 1. The van der Waals surface area contributed by atoms with Gasteiger partial charge < -0.3 is 16.4 Å². The Bertz CT molecular complexity index is 877. The number of allylic oxidation sites excluding steroid dienone is 1. The molecule has 1 unspecified atom stereocenters. The molecular formula is C25H33N3. The van der Waals surface area contributed by atoms with Crippen LogP contribution in [0.5, 0.6) is 0 Å². The standard InChI is InChI=1S/C23H28N2.C2H5N/c1-6-19-12-11-15(2)23(13-19)25-18(5)24-17(4)22-14-20-9-7-8-10-21(20)16(22)3;1-2-3/h7-13,17,24-25H,5-6,14H2,1-4H3;2H,1,3H2. The third kappa shape index (κ3) is 5.07. The maximum Gasteiger partial charge on any atom is 0.0961 e. The number of anilines is 1. The van der Waals surface area contributed by atoms with Crippen molar-refractivity contribution in [3.63, 3.8) is 0 Å². The highest BCUT2D eigenvalue weighted by Crippen LogP contribution is 2.34. The first-order valence-corrected chi connectivity index (χ1v) is 9.83. The lowest BCUT2D eigenvalue weighted by molar-refractivity contribution is 0.688. The van der Waals surface area contributed by atoms with Gasteiger partial charge in [-0.15, -0.1) is 0 Å². The van der Waals surface area contributed by atoms with Crippen LogP contribution in [0.1, 0.15) is 43.0 Å². The van der Waals surface area contributed by atoms with Crippen molar-refractivity contribution in [1.29, 1.82) is 0 Å². The number of benzene rings is 2. The van der Waals surface area contributed by atoms with E-state index in [1.807, 2.05) is 0 Å². The average Bonchev–Trinajstić information content (AvgIpc) is 3.01. The van der Waals surface area contributed by atoms with E-state index in [4.69, 9.17) is 0 Å². The molecule has 148 valence electrons. The van der Waals surface area contributed by atoms with Gasteiger partial charge in [0.1, 0.15) is 0 Å². The van der Waals surface area contributed by atoms with Gasteiger partial charge >= 0.3 is 0 Å². The topological polar surface area (TPSA) is 50.1 Å². The SMILES string of the molecule is C=C(Nc1cc(CC)ccc1C)NC(C)C1=C(C)c2ccccc2C1.C=CN. The van der Waals surface area contributed by atoms with Gasteiger partial charge in [0.2, 0.25) is 0 Å². The maximum atomic E-state index is 4.61. The smallest absolute Gasteiger partial charge is 0.0961 e. The average molecular weight is 376 g/mol. The molecule has 4 N–H and O–H groups in total. The Morgan fingerprint density at radius 2 is 1.89 bits per heavy atom. The fourth-order valence-electron chi connectivity index (χ4n) is 3.60. The van der Waals surface area contributed by atoms with Gasteiger partial charge in [-0.05, 0) is 79.3 Å². The van der Waals surface area contributed by atoms with Gasteiger partial charge in [-0.1, -0.05) is 56.5 Å². The van der Waals surface area contributed by atoms with Crippen LogP contribution in [0, 0.1) is 6.92 Å². The van der Waals surface area contributed by atoms with Crippen molar-refractivity contribution in [3.8, 4) is 0 Å². The highest BCUT2D eigenvalue weighted by Gasteiger charge is 2.22. The molecule has 0 saturated heterocycles. The van der Waals surface area contributed by atoms with Gasteiger partial charge in [0.25, 0.3) is 0 Å². The zero-order chi connectivity index (χ0) is 20.7. The Morgan fingerprint density at radius 3 is 2.54 bits per heavy atom. The summed E-state index contributed by atoms with van der Waals surface area (Å²) in [4.78, 5) is 0. The molecule has 0 aliphatic heterocycles. The molecular weight excluding hydrogens is 342 g/mol. The number of hydrogen-bond acceptors (Lipinski definition) is 3. The predicted molar refractivity (Wildman–Crippen MR) is 123 cm³/mol. The molecule has 0 heterocycles. The van der Waals surface area contributed by atoms with Crippen molar-refractivity contribution in [1.82, 2.24) is 5.32 Å². The monoisotopic (exact) mass is 375 g/mol. The Labute approximate surface area is 170 Å². The van der Waals surface area contributed by atoms with Crippen LogP contribution in [-0.2, 0) is 12.8 Å². The minimum atomic E-state index is 0.252. The van der Waals surface area contributed by atoms with E-state index in [-0.39, 0.29) is 6.04 Å². The van der Waals surface area contributed by atoms with E-state index in [1.54, 1.807) is 0 Å². The molecule has 2 aromatic rings. The first kappa shape index (κ1) is 21.4. The van der Waals surface area contributed by atoms with Crippen LogP contribution in [0.3, 0.4) is 0 Å². The Balaban J connectivity index is 0.000000878. The number of hydrogen-bond donors (Lipinski definition) is 3. The molecule has 0 radical (unpaired) electrons. The molecule has 1 atom stereocenters. The lowest BCUT2D eigenvalue weighted by atomic mass is 10.0. The van der Waals surface area contributed by atoms with E-state index in [1.165, 1.54) is 39.6 Å². The summed E-state index contributed by atoms with van der Waals surface area (Å²) in [6.45, 7) is 16.1. The molecule has 3 rings (SSSR count). The molecule has 0 fully saturated rings. The molecule has 1 aliphatic carbocycles. The van der Waals surface area contributed by atoms with E-state index < -0.39 is 0 Å². The molecule has 0 spiro atoms. The zero-order valence-electron chi connectivity index (χ0n) is 17.6. The summed E-state index contributed by atoms with van der Waals surface area (Å²) in [6.07, 6.45) is 3.31. The molecule has 0 amide bonds. The summed E-state index contributed by atoms with van der Waals surface area (Å²) in [5, 5.41) is 6.98. The molecule has 0 bridgehead atoms. The van der Waals surface area contributed by atoms with Crippen molar-refractivity contribution in [2.24, 2.45) is 5.73 Å². The van der Waals surface area contributed by atoms with Gasteiger partial charge in [0, 0.05) is 11.7 Å². The number of aryl methyl sites for hydroxylation is 2. The van der Waals surface area contributed by atoms with Gasteiger partial charge in [0.05, 0.1) is 5.82 Å². The second-order valence-corrected chi connectivity index (χ2v) is 7.19. The summed E-state index contributed by atoms with van der Waals surface area (Å²) in [5.41, 5.74) is 14.0. The van der Waals surface area contributed by atoms with Crippen molar-refractivity contribution >= 4 is 11.3 Å². The van der Waals surface area contributed by atoms with Gasteiger partial charge in [-0.25, -0.2) is 0 Å². The molecule has 0 saturated carbocycles. The normalized spacial score (nSPS) is 13.1. The summed E-state index contributed by atoms with van der Waals surface area (Å²) in [6, 6.07) is 15.5. The molecule has 2 aromatic carbocycles. The van der Waals surface area contributed by atoms with Crippen LogP contribution < -0.4 is 16.4 Å². The molecule has 3 heteroatoms. The van der Waals surface area contributed by atoms with Gasteiger partial charge in [-0.2, -0.15) is 0 Å². The first-order chi connectivity index (χ1) is 13.4. The second-order valence-electron chi connectivity index (χ2n) is 7.19. The van der Waals surface area contributed by atoms with Crippen LogP contribution >= 0.6 is 0 Å². The second kappa shape index (κ2) is 9.84. The minimum Gasteiger partial charge on any atom is -0.405 e. The van der Waals surface area contributed by atoms with Crippen molar-refractivity contribution in [2.75, 3.05) is 5.32 Å². The number of rotatable bonds is 6. The Morgan fingerprint density at radius 1 is 1.21 bits per heavy atom. The lowest BCUT2D eigenvalue weighted by Crippen LogP contribution is -2.30. The molecule has 0 aromatic heterocycles. The summed E-state index contributed by atoms with van der Waals surface area (Å²) < 4.78 is 0. The fourth-order valence-corrected chi connectivity index (χ4v) is 3.60. The van der Waals surface area contributed by atoms with Crippen LogP contribution in [0.15, 0.2) is 73.2 Å². The quantitative estimate of drug-likeness (QED) is 0.621. The van der Waals surface area contributed by atoms with Crippen LogP contribution in [-0.4, -0.2) is 6.04 Å². The van der Waals surface area contributed by atoms with E-state index in [9.17, 15) is 0 Å². The third-order valence-electron chi connectivity index (χ3n) is 5.19. The third-order valence-corrected chi connectivity index (χ3v) is 5.19. The predicted octanol–water partition coefficient (Wildman–Crippen LogP) is 5.54.